The summed E-state index contributed by atoms with van der Waals surface area (Å²) in [5, 5.41) is 3.87. The summed E-state index contributed by atoms with van der Waals surface area (Å²) in [6, 6.07) is 14.5. The third-order valence-corrected chi connectivity index (χ3v) is 4.43. The molecule has 0 atom stereocenters. The van der Waals surface area contributed by atoms with E-state index in [2.05, 4.69) is 46.7 Å². The number of carbonyl (C=O) groups is 1. The van der Waals surface area contributed by atoms with Crippen molar-refractivity contribution in [3.05, 3.63) is 54.2 Å². The molecular formula is C19H19N3O2. The van der Waals surface area contributed by atoms with Gasteiger partial charge >= 0.3 is 6.03 Å². The predicted octanol–water partition coefficient (Wildman–Crippen LogP) is 3.37. The molecule has 0 saturated carbocycles. The van der Waals surface area contributed by atoms with Gasteiger partial charge in [0, 0.05) is 24.3 Å². The van der Waals surface area contributed by atoms with Crippen LogP contribution in [-0.2, 0) is 6.54 Å². The van der Waals surface area contributed by atoms with Crippen LogP contribution >= 0.6 is 0 Å². The number of fused-ring (bicyclic) bond motifs is 2. The zero-order valence-corrected chi connectivity index (χ0v) is 13.5. The van der Waals surface area contributed by atoms with Gasteiger partial charge < -0.3 is 19.9 Å². The van der Waals surface area contributed by atoms with Gasteiger partial charge in [0.05, 0.1) is 13.1 Å². The maximum Gasteiger partial charge on any atom is 0.317 e. The van der Waals surface area contributed by atoms with E-state index in [1.165, 1.54) is 5.39 Å². The molecule has 0 saturated heterocycles. The molecule has 2 N–H and O–H groups in total. The van der Waals surface area contributed by atoms with E-state index in [-0.39, 0.29) is 6.03 Å². The van der Waals surface area contributed by atoms with Gasteiger partial charge in [-0.1, -0.05) is 12.1 Å². The van der Waals surface area contributed by atoms with Crippen molar-refractivity contribution in [2.75, 3.05) is 20.2 Å². The van der Waals surface area contributed by atoms with E-state index in [1.54, 1.807) is 11.9 Å². The van der Waals surface area contributed by atoms with Crippen LogP contribution in [0.15, 0.2) is 48.7 Å². The highest BCUT2D eigenvalue weighted by Crippen LogP contribution is 2.30. The molecule has 24 heavy (non-hydrogen) atoms. The molecule has 0 spiro atoms. The summed E-state index contributed by atoms with van der Waals surface area (Å²) in [7, 11) is 1.65. The molecule has 5 nitrogen and oxygen atoms in total. The minimum Gasteiger partial charge on any atom is -0.491 e. The Bertz CT molecular complexity index is 901. The molecule has 4 rings (SSSR count). The van der Waals surface area contributed by atoms with Crippen molar-refractivity contribution in [3.63, 3.8) is 0 Å². The molecule has 1 aliphatic heterocycles. The second-order valence-corrected chi connectivity index (χ2v) is 5.93. The van der Waals surface area contributed by atoms with E-state index in [1.807, 2.05) is 12.3 Å². The molecule has 5 heteroatoms. The number of nitrogens with one attached hydrogen (secondary N) is 2. The number of H-pyrrole nitrogens is 1. The minimum absolute atomic E-state index is 0.0782. The summed E-state index contributed by atoms with van der Waals surface area (Å²) in [6.07, 6.45) is 1.94. The second kappa shape index (κ2) is 5.92. The van der Waals surface area contributed by atoms with Gasteiger partial charge in [0.1, 0.15) is 12.4 Å². The highest BCUT2D eigenvalue weighted by molar-refractivity contribution is 5.85. The summed E-state index contributed by atoms with van der Waals surface area (Å²) in [5.74, 6) is 0.855. The Kier molecular flexibility index (Phi) is 3.61. The van der Waals surface area contributed by atoms with Crippen molar-refractivity contribution < 1.29 is 9.53 Å². The van der Waals surface area contributed by atoms with Crippen molar-refractivity contribution >= 4 is 16.9 Å². The maximum atomic E-state index is 12.0. The van der Waals surface area contributed by atoms with Crippen molar-refractivity contribution in [2.45, 2.75) is 6.54 Å². The smallest absolute Gasteiger partial charge is 0.317 e. The third kappa shape index (κ3) is 2.58. The number of ether oxygens (including phenoxy) is 1. The van der Waals surface area contributed by atoms with E-state index in [9.17, 15) is 4.79 Å². The van der Waals surface area contributed by atoms with Gasteiger partial charge in [-0.3, -0.25) is 0 Å². The lowest BCUT2D eigenvalue weighted by atomic mass is 10.0. The van der Waals surface area contributed by atoms with E-state index in [0.29, 0.717) is 19.7 Å². The molecule has 0 bridgehead atoms. The topological polar surface area (TPSA) is 57.4 Å². The Morgan fingerprint density at radius 3 is 2.88 bits per heavy atom. The van der Waals surface area contributed by atoms with Crippen LogP contribution in [0.5, 0.6) is 5.75 Å². The zero-order valence-electron chi connectivity index (χ0n) is 13.5. The zero-order chi connectivity index (χ0) is 16.5. The van der Waals surface area contributed by atoms with Crippen molar-refractivity contribution in [1.82, 2.24) is 15.2 Å². The second-order valence-electron chi connectivity index (χ2n) is 5.93. The molecule has 122 valence electrons. The average molecular weight is 321 g/mol. The number of aromatic amines is 1. The van der Waals surface area contributed by atoms with E-state index < -0.39 is 0 Å². The number of rotatable bonds is 1. The highest BCUT2D eigenvalue weighted by Gasteiger charge is 2.19. The number of carbonyl (C=O) groups excluding carboxylic acids is 1. The molecule has 0 fully saturated rings. The summed E-state index contributed by atoms with van der Waals surface area (Å²) in [5.41, 5.74) is 4.44. The Morgan fingerprint density at radius 2 is 2.00 bits per heavy atom. The summed E-state index contributed by atoms with van der Waals surface area (Å²) >= 11 is 0. The van der Waals surface area contributed by atoms with Crippen molar-refractivity contribution in [1.29, 1.82) is 0 Å². The number of hydrogen-bond donors (Lipinski definition) is 2. The van der Waals surface area contributed by atoms with Crippen LogP contribution in [-0.4, -0.2) is 36.1 Å². The Morgan fingerprint density at radius 1 is 1.17 bits per heavy atom. The lowest BCUT2D eigenvalue weighted by Crippen LogP contribution is -2.38. The normalized spacial score (nSPS) is 14.0. The number of urea groups is 1. The molecule has 2 aromatic carbocycles. The van der Waals surface area contributed by atoms with E-state index in [0.717, 1.165) is 28.0 Å². The first-order valence-corrected chi connectivity index (χ1v) is 8.04. The Labute approximate surface area is 140 Å². The standard InChI is InChI=1S/C19H19N3O2/c1-20-19(23)22-8-9-24-18-5-3-14(11-16(18)12-22)13-2-4-17-15(10-13)6-7-21-17/h2-7,10-11,21H,8-9,12H2,1H3,(H,20,23). The fourth-order valence-corrected chi connectivity index (χ4v) is 3.14. The lowest BCUT2D eigenvalue weighted by molar-refractivity contribution is 0.190. The molecule has 2 amide bonds. The number of amides is 2. The van der Waals surface area contributed by atoms with Crippen LogP contribution in [0.2, 0.25) is 0 Å². The summed E-state index contributed by atoms with van der Waals surface area (Å²) in [6.45, 7) is 1.64. The van der Waals surface area contributed by atoms with Crippen molar-refractivity contribution in [2.24, 2.45) is 0 Å². The Balaban J connectivity index is 1.71. The number of benzene rings is 2. The van der Waals surface area contributed by atoms with Crippen molar-refractivity contribution in [3.8, 4) is 16.9 Å². The molecule has 1 aliphatic rings. The quantitative estimate of drug-likeness (QED) is 0.722. The lowest BCUT2D eigenvalue weighted by Gasteiger charge is -2.19. The molecule has 0 aliphatic carbocycles. The molecule has 3 aromatic rings. The van der Waals surface area contributed by atoms with Gasteiger partial charge in [-0.25, -0.2) is 4.79 Å². The Hall–Kier alpha value is -2.95. The van der Waals surface area contributed by atoms with Crippen LogP contribution in [0.1, 0.15) is 5.56 Å². The van der Waals surface area contributed by atoms with Crippen LogP contribution in [0.4, 0.5) is 4.79 Å². The highest BCUT2D eigenvalue weighted by atomic mass is 16.5. The van der Waals surface area contributed by atoms with Crippen LogP contribution in [0.25, 0.3) is 22.0 Å². The molecule has 1 aromatic heterocycles. The third-order valence-electron chi connectivity index (χ3n) is 4.43. The monoisotopic (exact) mass is 321 g/mol. The summed E-state index contributed by atoms with van der Waals surface area (Å²) < 4.78 is 5.80. The first kappa shape index (κ1) is 14.6. The van der Waals surface area contributed by atoms with E-state index in [4.69, 9.17) is 4.74 Å². The average Bonchev–Trinajstić information content (AvgIpc) is 2.98. The number of hydrogen-bond acceptors (Lipinski definition) is 2. The van der Waals surface area contributed by atoms with Gasteiger partial charge in [0.15, 0.2) is 0 Å². The largest absolute Gasteiger partial charge is 0.491 e. The first-order valence-electron chi connectivity index (χ1n) is 8.04. The summed E-state index contributed by atoms with van der Waals surface area (Å²) in [4.78, 5) is 16.9. The van der Waals surface area contributed by atoms with Crippen LogP contribution in [0, 0.1) is 0 Å². The fraction of sp³-hybridized carbons (Fsp3) is 0.211. The van der Waals surface area contributed by atoms with Gasteiger partial charge in [-0.05, 0) is 46.8 Å². The molecule has 0 unspecified atom stereocenters. The molecular weight excluding hydrogens is 302 g/mol. The fourth-order valence-electron chi connectivity index (χ4n) is 3.14. The minimum atomic E-state index is -0.0782. The predicted molar refractivity (Wildman–Crippen MR) is 94.1 cm³/mol. The molecule has 2 heterocycles. The van der Waals surface area contributed by atoms with Gasteiger partial charge in [0.2, 0.25) is 0 Å². The van der Waals surface area contributed by atoms with Crippen LogP contribution < -0.4 is 10.1 Å². The SMILES string of the molecule is CNC(=O)N1CCOc2ccc(-c3ccc4[nH]ccc4c3)cc2C1. The molecule has 0 radical (unpaired) electrons. The maximum absolute atomic E-state index is 12.0. The number of aromatic nitrogens is 1. The first-order chi connectivity index (χ1) is 11.7. The van der Waals surface area contributed by atoms with Gasteiger partial charge in [0.25, 0.3) is 0 Å². The van der Waals surface area contributed by atoms with E-state index >= 15 is 0 Å². The number of nitrogens with zero attached hydrogens (tertiary/aromatic N) is 1. The van der Waals surface area contributed by atoms with Gasteiger partial charge in [-0.15, -0.1) is 0 Å². The van der Waals surface area contributed by atoms with Crippen LogP contribution in [0.3, 0.4) is 0 Å². The van der Waals surface area contributed by atoms with Gasteiger partial charge in [-0.2, -0.15) is 0 Å².